The Morgan fingerprint density at radius 1 is 1.17 bits per heavy atom. The Hall–Kier alpha value is -2.22. The molecule has 0 fully saturated rings. The second-order valence-corrected chi connectivity index (χ2v) is 6.49. The molecule has 0 saturated heterocycles. The highest BCUT2D eigenvalue weighted by Gasteiger charge is 2.30. The van der Waals surface area contributed by atoms with Gasteiger partial charge in [0, 0.05) is 5.69 Å². The fraction of sp³-hybridized carbons (Fsp3) is 0.222. The summed E-state index contributed by atoms with van der Waals surface area (Å²) < 4.78 is 5.18. The lowest BCUT2D eigenvalue weighted by atomic mass is 9.83. The maximum absolute atomic E-state index is 12.6. The van der Waals surface area contributed by atoms with Gasteiger partial charge in [0.05, 0.1) is 15.5 Å². The van der Waals surface area contributed by atoms with Gasteiger partial charge in [-0.15, -0.1) is 0 Å². The van der Waals surface area contributed by atoms with Gasteiger partial charge in [0.25, 0.3) is 0 Å². The van der Waals surface area contributed by atoms with Gasteiger partial charge in [-0.3, -0.25) is 4.79 Å². The minimum Gasteiger partial charge on any atom is -0.479 e. The van der Waals surface area contributed by atoms with Crippen LogP contribution in [0.5, 0.6) is 5.75 Å². The SMILES string of the molecule is CC(C)(C(=O)Nc1ccc(OCC#N)cc1)c1ccc(Cl)c(Cl)c1. The number of nitriles is 1. The van der Waals surface area contributed by atoms with Gasteiger partial charge < -0.3 is 10.1 Å². The molecule has 0 radical (unpaired) electrons. The van der Waals surface area contributed by atoms with Crippen molar-refractivity contribution in [2.75, 3.05) is 11.9 Å². The molecule has 24 heavy (non-hydrogen) atoms. The van der Waals surface area contributed by atoms with Crippen molar-refractivity contribution in [2.24, 2.45) is 0 Å². The number of benzene rings is 2. The molecule has 1 amide bonds. The van der Waals surface area contributed by atoms with Crippen molar-refractivity contribution in [1.82, 2.24) is 0 Å². The van der Waals surface area contributed by atoms with Crippen LogP contribution in [-0.4, -0.2) is 12.5 Å². The summed E-state index contributed by atoms with van der Waals surface area (Å²) in [4.78, 5) is 12.6. The summed E-state index contributed by atoms with van der Waals surface area (Å²) in [6.45, 7) is 3.61. The van der Waals surface area contributed by atoms with Crippen molar-refractivity contribution in [1.29, 1.82) is 5.26 Å². The van der Waals surface area contributed by atoms with Crippen molar-refractivity contribution in [3.05, 3.63) is 58.1 Å². The highest BCUT2D eigenvalue weighted by molar-refractivity contribution is 6.42. The van der Waals surface area contributed by atoms with Gasteiger partial charge in [-0.25, -0.2) is 0 Å². The fourth-order valence-corrected chi connectivity index (χ4v) is 2.35. The van der Waals surface area contributed by atoms with E-state index < -0.39 is 5.41 Å². The van der Waals surface area contributed by atoms with Gasteiger partial charge in [0.1, 0.15) is 11.8 Å². The average molecular weight is 363 g/mol. The smallest absolute Gasteiger partial charge is 0.234 e. The van der Waals surface area contributed by atoms with E-state index in [-0.39, 0.29) is 12.5 Å². The minimum absolute atomic E-state index is 0.0178. The lowest BCUT2D eigenvalue weighted by molar-refractivity contribution is -0.120. The first-order valence-electron chi connectivity index (χ1n) is 7.21. The van der Waals surface area contributed by atoms with Gasteiger partial charge in [0.2, 0.25) is 5.91 Å². The highest BCUT2D eigenvalue weighted by Crippen LogP contribution is 2.31. The van der Waals surface area contributed by atoms with Gasteiger partial charge in [0.15, 0.2) is 6.61 Å². The molecular weight excluding hydrogens is 347 g/mol. The number of nitrogens with zero attached hydrogens (tertiary/aromatic N) is 1. The average Bonchev–Trinajstić information content (AvgIpc) is 2.56. The number of hydrogen-bond acceptors (Lipinski definition) is 3. The quantitative estimate of drug-likeness (QED) is 0.829. The lowest BCUT2D eigenvalue weighted by Crippen LogP contribution is -2.34. The van der Waals surface area contributed by atoms with Crippen LogP contribution in [0.2, 0.25) is 10.0 Å². The van der Waals surface area contributed by atoms with Gasteiger partial charge in [-0.05, 0) is 55.8 Å². The Kier molecular flexibility index (Phi) is 5.71. The number of carbonyl (C=O) groups excluding carboxylic acids is 1. The minimum atomic E-state index is -0.787. The number of halogens is 2. The second kappa shape index (κ2) is 7.57. The predicted octanol–water partition coefficient (Wildman–Crippen LogP) is 4.81. The molecule has 0 aliphatic carbocycles. The standard InChI is InChI=1S/C18H16Cl2N2O2/c1-18(2,12-3-8-15(19)16(20)11-12)17(23)22-13-4-6-14(7-5-13)24-10-9-21/h3-8,11H,10H2,1-2H3,(H,22,23). The normalized spacial score (nSPS) is 10.8. The van der Waals surface area contributed by atoms with E-state index in [0.29, 0.717) is 21.5 Å². The number of anilines is 1. The molecule has 0 unspecified atom stereocenters. The van der Waals surface area contributed by atoms with Crippen molar-refractivity contribution < 1.29 is 9.53 Å². The van der Waals surface area contributed by atoms with Crippen LogP contribution < -0.4 is 10.1 Å². The summed E-state index contributed by atoms with van der Waals surface area (Å²) in [5, 5.41) is 12.2. The van der Waals surface area contributed by atoms with E-state index in [9.17, 15) is 4.79 Å². The Morgan fingerprint density at radius 3 is 2.42 bits per heavy atom. The molecule has 0 spiro atoms. The molecule has 2 aromatic rings. The van der Waals surface area contributed by atoms with Gasteiger partial charge in [-0.1, -0.05) is 29.3 Å². The third kappa shape index (κ3) is 4.19. The van der Waals surface area contributed by atoms with Crippen LogP contribution >= 0.6 is 23.2 Å². The zero-order valence-electron chi connectivity index (χ0n) is 13.3. The molecule has 0 saturated carbocycles. The lowest BCUT2D eigenvalue weighted by Gasteiger charge is -2.24. The first-order chi connectivity index (χ1) is 11.3. The molecule has 0 bridgehead atoms. The van der Waals surface area contributed by atoms with E-state index >= 15 is 0 Å². The third-order valence-electron chi connectivity index (χ3n) is 3.62. The van der Waals surface area contributed by atoms with E-state index in [2.05, 4.69) is 5.32 Å². The molecule has 124 valence electrons. The molecular formula is C18H16Cl2N2O2. The number of nitrogens with one attached hydrogen (secondary N) is 1. The molecule has 0 aliphatic rings. The van der Waals surface area contributed by atoms with Crippen LogP contribution in [0, 0.1) is 11.3 Å². The fourth-order valence-electron chi connectivity index (χ4n) is 2.05. The summed E-state index contributed by atoms with van der Waals surface area (Å²) in [5.74, 6) is 0.393. The molecule has 6 heteroatoms. The summed E-state index contributed by atoms with van der Waals surface area (Å²) in [6.07, 6.45) is 0. The summed E-state index contributed by atoms with van der Waals surface area (Å²) in [7, 11) is 0. The molecule has 4 nitrogen and oxygen atoms in total. The Balaban J connectivity index is 2.12. The maximum atomic E-state index is 12.6. The molecule has 0 heterocycles. The Morgan fingerprint density at radius 2 is 1.83 bits per heavy atom. The largest absolute Gasteiger partial charge is 0.479 e. The monoisotopic (exact) mass is 362 g/mol. The van der Waals surface area contributed by atoms with Crippen molar-refractivity contribution in [3.8, 4) is 11.8 Å². The van der Waals surface area contributed by atoms with E-state index in [1.54, 1.807) is 42.5 Å². The zero-order valence-corrected chi connectivity index (χ0v) is 14.8. The van der Waals surface area contributed by atoms with Crippen molar-refractivity contribution >= 4 is 34.8 Å². The van der Waals surface area contributed by atoms with Crippen molar-refractivity contribution in [2.45, 2.75) is 19.3 Å². The van der Waals surface area contributed by atoms with E-state index in [4.69, 9.17) is 33.2 Å². The number of amides is 1. The molecule has 0 aliphatic heterocycles. The van der Waals surface area contributed by atoms with E-state index in [1.807, 2.05) is 19.9 Å². The van der Waals surface area contributed by atoms with Crippen LogP contribution in [-0.2, 0) is 10.2 Å². The molecule has 0 atom stereocenters. The number of rotatable bonds is 5. The zero-order chi connectivity index (χ0) is 17.7. The number of carbonyl (C=O) groups is 1. The first kappa shape index (κ1) is 18.1. The summed E-state index contributed by atoms with van der Waals surface area (Å²) in [6, 6.07) is 13.9. The van der Waals surface area contributed by atoms with Gasteiger partial charge in [-0.2, -0.15) is 5.26 Å². The van der Waals surface area contributed by atoms with Crippen LogP contribution in [0.25, 0.3) is 0 Å². The van der Waals surface area contributed by atoms with Crippen LogP contribution in [0.3, 0.4) is 0 Å². The van der Waals surface area contributed by atoms with Crippen LogP contribution in [0.1, 0.15) is 19.4 Å². The topological polar surface area (TPSA) is 62.1 Å². The van der Waals surface area contributed by atoms with E-state index in [1.165, 1.54) is 0 Å². The molecule has 2 rings (SSSR count). The van der Waals surface area contributed by atoms with Crippen molar-refractivity contribution in [3.63, 3.8) is 0 Å². The first-order valence-corrected chi connectivity index (χ1v) is 7.97. The number of hydrogen-bond donors (Lipinski definition) is 1. The number of ether oxygens (including phenoxy) is 1. The predicted molar refractivity (Wildman–Crippen MR) is 95.7 cm³/mol. The van der Waals surface area contributed by atoms with Gasteiger partial charge >= 0.3 is 0 Å². The summed E-state index contributed by atoms with van der Waals surface area (Å²) >= 11 is 12.0. The molecule has 1 N–H and O–H groups in total. The van der Waals surface area contributed by atoms with Crippen LogP contribution in [0.4, 0.5) is 5.69 Å². The maximum Gasteiger partial charge on any atom is 0.234 e. The highest BCUT2D eigenvalue weighted by atomic mass is 35.5. The second-order valence-electron chi connectivity index (χ2n) is 5.68. The Labute approximate surface area is 151 Å². The van der Waals surface area contributed by atoms with E-state index in [0.717, 1.165) is 5.56 Å². The molecule has 0 aromatic heterocycles. The Bertz CT molecular complexity index is 781. The molecule has 2 aromatic carbocycles. The summed E-state index contributed by atoms with van der Waals surface area (Å²) in [5.41, 5.74) is 0.616. The third-order valence-corrected chi connectivity index (χ3v) is 4.36. The van der Waals surface area contributed by atoms with Crippen LogP contribution in [0.15, 0.2) is 42.5 Å².